The van der Waals surface area contributed by atoms with E-state index < -0.39 is 0 Å². The SMILES string of the molecule is CC(C)Oc1ccc(NCCC(N)=NO)cc1. The van der Waals surface area contributed by atoms with Crippen LogP contribution in [0.4, 0.5) is 5.69 Å². The molecule has 4 N–H and O–H groups in total. The van der Waals surface area contributed by atoms with Crippen LogP contribution in [0.25, 0.3) is 0 Å². The first-order valence-electron chi connectivity index (χ1n) is 5.59. The fourth-order valence-corrected chi connectivity index (χ4v) is 1.31. The van der Waals surface area contributed by atoms with Gasteiger partial charge in [0.1, 0.15) is 11.6 Å². The summed E-state index contributed by atoms with van der Waals surface area (Å²) in [6.45, 7) is 4.60. The Kier molecular flexibility index (Phi) is 5.13. The van der Waals surface area contributed by atoms with Gasteiger partial charge in [-0.2, -0.15) is 0 Å². The lowest BCUT2D eigenvalue weighted by Gasteiger charge is -2.10. The van der Waals surface area contributed by atoms with Crippen LogP contribution >= 0.6 is 0 Å². The van der Waals surface area contributed by atoms with Crippen molar-refractivity contribution >= 4 is 11.5 Å². The molecule has 0 aliphatic rings. The monoisotopic (exact) mass is 237 g/mol. The minimum atomic E-state index is 0.175. The summed E-state index contributed by atoms with van der Waals surface area (Å²) in [6.07, 6.45) is 0.676. The Balaban J connectivity index is 2.40. The van der Waals surface area contributed by atoms with Crippen molar-refractivity contribution in [1.29, 1.82) is 0 Å². The van der Waals surface area contributed by atoms with Crippen LogP contribution in [0.1, 0.15) is 20.3 Å². The van der Waals surface area contributed by atoms with Crippen molar-refractivity contribution in [2.75, 3.05) is 11.9 Å². The van der Waals surface area contributed by atoms with Gasteiger partial charge in [0, 0.05) is 18.7 Å². The van der Waals surface area contributed by atoms with Crippen molar-refractivity contribution in [3.05, 3.63) is 24.3 Å². The number of oxime groups is 1. The van der Waals surface area contributed by atoms with Crippen LogP contribution in [-0.2, 0) is 0 Å². The summed E-state index contributed by atoms with van der Waals surface area (Å²) in [6, 6.07) is 7.69. The molecule has 0 heterocycles. The molecule has 0 aromatic heterocycles. The van der Waals surface area contributed by atoms with Crippen molar-refractivity contribution in [2.45, 2.75) is 26.4 Å². The number of rotatable bonds is 6. The Morgan fingerprint density at radius 2 is 2.06 bits per heavy atom. The summed E-state index contributed by atoms with van der Waals surface area (Å²) in [7, 11) is 0. The first kappa shape index (κ1) is 13.2. The zero-order chi connectivity index (χ0) is 12.7. The van der Waals surface area contributed by atoms with Crippen molar-refractivity contribution in [3.8, 4) is 5.75 Å². The van der Waals surface area contributed by atoms with Gasteiger partial charge in [-0.25, -0.2) is 0 Å². The van der Waals surface area contributed by atoms with Crippen LogP contribution in [0.3, 0.4) is 0 Å². The second-order valence-corrected chi connectivity index (χ2v) is 3.96. The largest absolute Gasteiger partial charge is 0.491 e. The van der Waals surface area contributed by atoms with E-state index in [0.29, 0.717) is 13.0 Å². The molecule has 5 nitrogen and oxygen atoms in total. The van der Waals surface area contributed by atoms with Gasteiger partial charge in [-0.15, -0.1) is 0 Å². The van der Waals surface area contributed by atoms with Crippen LogP contribution in [0.15, 0.2) is 29.4 Å². The van der Waals surface area contributed by atoms with Gasteiger partial charge in [0.05, 0.1) is 6.10 Å². The van der Waals surface area contributed by atoms with Crippen LogP contribution in [0.5, 0.6) is 5.75 Å². The Morgan fingerprint density at radius 3 is 2.59 bits per heavy atom. The summed E-state index contributed by atoms with van der Waals surface area (Å²) < 4.78 is 5.53. The Hall–Kier alpha value is -1.91. The minimum absolute atomic E-state index is 0.175. The van der Waals surface area contributed by atoms with Crippen LogP contribution in [0.2, 0.25) is 0 Å². The van der Waals surface area contributed by atoms with Crippen LogP contribution in [-0.4, -0.2) is 23.7 Å². The molecule has 1 aromatic rings. The van der Waals surface area contributed by atoms with Crippen molar-refractivity contribution in [3.63, 3.8) is 0 Å². The summed E-state index contributed by atoms with van der Waals surface area (Å²) in [4.78, 5) is 0. The predicted molar refractivity (Wildman–Crippen MR) is 68.7 cm³/mol. The number of anilines is 1. The minimum Gasteiger partial charge on any atom is -0.491 e. The molecule has 1 aromatic carbocycles. The van der Waals surface area contributed by atoms with Crippen LogP contribution in [0, 0.1) is 0 Å². The number of ether oxygens (including phenoxy) is 1. The van der Waals surface area contributed by atoms with E-state index in [2.05, 4.69) is 10.5 Å². The maximum atomic E-state index is 8.37. The molecule has 0 aliphatic carbocycles. The van der Waals surface area contributed by atoms with Gasteiger partial charge in [0.15, 0.2) is 0 Å². The van der Waals surface area contributed by atoms with Gasteiger partial charge in [0.25, 0.3) is 0 Å². The number of hydrogen-bond donors (Lipinski definition) is 3. The standard InChI is InChI=1S/C12H19N3O2/c1-9(2)17-11-5-3-10(4-6-11)14-8-7-12(13)15-16/h3-6,9,14,16H,7-8H2,1-2H3,(H2,13,15). The number of nitrogens with one attached hydrogen (secondary N) is 1. The lowest BCUT2D eigenvalue weighted by atomic mass is 10.3. The Labute approximate surface area is 101 Å². The highest BCUT2D eigenvalue weighted by Gasteiger charge is 1.98. The third-order valence-corrected chi connectivity index (χ3v) is 2.06. The molecule has 0 fully saturated rings. The molecular weight excluding hydrogens is 218 g/mol. The smallest absolute Gasteiger partial charge is 0.140 e. The summed E-state index contributed by atoms with van der Waals surface area (Å²) in [5.41, 5.74) is 6.33. The molecule has 0 aliphatic heterocycles. The third kappa shape index (κ3) is 5.10. The average Bonchev–Trinajstić information content (AvgIpc) is 2.30. The number of benzene rings is 1. The number of amidine groups is 1. The van der Waals surface area contributed by atoms with Gasteiger partial charge in [-0.05, 0) is 38.1 Å². The van der Waals surface area contributed by atoms with E-state index in [0.717, 1.165) is 11.4 Å². The molecule has 5 heteroatoms. The average molecular weight is 237 g/mol. The van der Waals surface area contributed by atoms with Gasteiger partial charge >= 0.3 is 0 Å². The van der Waals surface area contributed by atoms with E-state index in [9.17, 15) is 0 Å². The highest BCUT2D eigenvalue weighted by molar-refractivity contribution is 5.80. The van der Waals surface area contributed by atoms with Gasteiger partial charge in [-0.1, -0.05) is 5.16 Å². The van der Waals surface area contributed by atoms with E-state index in [-0.39, 0.29) is 11.9 Å². The zero-order valence-corrected chi connectivity index (χ0v) is 10.2. The second-order valence-electron chi connectivity index (χ2n) is 3.96. The topological polar surface area (TPSA) is 79.9 Å². The fourth-order valence-electron chi connectivity index (χ4n) is 1.31. The highest BCUT2D eigenvalue weighted by atomic mass is 16.5. The molecule has 0 bridgehead atoms. The van der Waals surface area contributed by atoms with Crippen molar-refractivity contribution in [1.82, 2.24) is 0 Å². The number of nitrogens with zero attached hydrogens (tertiary/aromatic N) is 1. The molecule has 0 saturated heterocycles. The maximum absolute atomic E-state index is 8.37. The first-order chi connectivity index (χ1) is 8.11. The van der Waals surface area contributed by atoms with E-state index in [1.165, 1.54) is 0 Å². The molecule has 0 amide bonds. The first-order valence-corrected chi connectivity index (χ1v) is 5.59. The summed E-state index contributed by atoms with van der Waals surface area (Å²) in [5.74, 6) is 1.07. The highest BCUT2D eigenvalue weighted by Crippen LogP contribution is 2.16. The predicted octanol–water partition coefficient (Wildman–Crippen LogP) is 2.02. The summed E-state index contributed by atoms with van der Waals surface area (Å²) in [5, 5.41) is 14.4. The molecule has 1 rings (SSSR count). The molecular formula is C12H19N3O2. The number of hydrogen-bond acceptors (Lipinski definition) is 4. The van der Waals surface area contributed by atoms with E-state index in [1.807, 2.05) is 38.1 Å². The quantitative estimate of drug-likeness (QED) is 0.306. The Bertz CT molecular complexity index is 361. The van der Waals surface area contributed by atoms with Gasteiger partial charge in [0.2, 0.25) is 0 Å². The molecule has 17 heavy (non-hydrogen) atoms. The lowest BCUT2D eigenvalue weighted by Crippen LogP contribution is -2.16. The fraction of sp³-hybridized carbons (Fsp3) is 0.417. The maximum Gasteiger partial charge on any atom is 0.140 e. The molecule has 94 valence electrons. The normalized spacial score (nSPS) is 11.6. The lowest BCUT2D eigenvalue weighted by molar-refractivity contribution is 0.242. The second kappa shape index (κ2) is 6.62. The molecule has 0 unspecified atom stereocenters. The molecule has 0 atom stereocenters. The summed E-state index contributed by atoms with van der Waals surface area (Å²) >= 11 is 0. The van der Waals surface area contributed by atoms with Crippen LogP contribution < -0.4 is 15.8 Å². The van der Waals surface area contributed by atoms with E-state index in [4.69, 9.17) is 15.7 Å². The molecule has 0 saturated carbocycles. The molecule has 0 spiro atoms. The third-order valence-electron chi connectivity index (χ3n) is 2.06. The number of nitrogens with two attached hydrogens (primary N) is 1. The van der Waals surface area contributed by atoms with Gasteiger partial charge < -0.3 is 21.0 Å². The van der Waals surface area contributed by atoms with Crippen molar-refractivity contribution < 1.29 is 9.94 Å². The Morgan fingerprint density at radius 1 is 1.41 bits per heavy atom. The van der Waals surface area contributed by atoms with Gasteiger partial charge in [-0.3, -0.25) is 0 Å². The molecule has 0 radical (unpaired) electrons. The van der Waals surface area contributed by atoms with Crippen molar-refractivity contribution in [2.24, 2.45) is 10.9 Å². The van der Waals surface area contributed by atoms with E-state index in [1.54, 1.807) is 0 Å². The zero-order valence-electron chi connectivity index (χ0n) is 10.2. The van der Waals surface area contributed by atoms with E-state index >= 15 is 0 Å².